The zero-order chi connectivity index (χ0) is 21.0. The van der Waals surface area contributed by atoms with Crippen LogP contribution in [0.1, 0.15) is 11.1 Å². The summed E-state index contributed by atoms with van der Waals surface area (Å²) in [5.74, 6) is 1.03. The maximum atomic E-state index is 10.0. The number of aliphatic hydroxyl groups is 4. The Balaban J connectivity index is 1.66. The Bertz CT molecular complexity index is 833. The highest BCUT2D eigenvalue weighted by molar-refractivity contribution is 5.71. The number of hydrogen-bond acceptors (Lipinski definition) is 8. The monoisotopic (exact) mass is 404 g/mol. The van der Waals surface area contributed by atoms with Crippen LogP contribution in [0.15, 0.2) is 42.5 Å². The van der Waals surface area contributed by atoms with E-state index in [0.717, 1.165) is 11.1 Å². The van der Waals surface area contributed by atoms with Gasteiger partial charge >= 0.3 is 0 Å². The minimum absolute atomic E-state index is 0.104. The van der Waals surface area contributed by atoms with Crippen LogP contribution in [0.3, 0.4) is 0 Å². The van der Waals surface area contributed by atoms with E-state index in [-0.39, 0.29) is 5.75 Å². The van der Waals surface area contributed by atoms with E-state index in [1.165, 1.54) is 13.2 Å². The van der Waals surface area contributed by atoms with E-state index < -0.39 is 37.3 Å². The van der Waals surface area contributed by atoms with Crippen LogP contribution in [0.25, 0.3) is 12.2 Å². The molecule has 2 aromatic rings. The van der Waals surface area contributed by atoms with Crippen molar-refractivity contribution in [2.24, 2.45) is 0 Å². The smallest absolute Gasteiger partial charge is 0.229 e. The standard InChI is InChI=1S/C21H24O8/c1-27-16-9-13(8-14(23)10-16)3-2-12-4-6-15(7-5-12)28-21-20(26)19(25)18(24)17(11-22)29-21/h2-10,17-26H,11H2,1H3/t17-,18-,19+,20-,21-/m1/s1. The minimum atomic E-state index is -1.49. The molecule has 2 aromatic carbocycles. The van der Waals surface area contributed by atoms with Crippen LogP contribution in [0.4, 0.5) is 0 Å². The van der Waals surface area contributed by atoms with Crippen LogP contribution in [-0.2, 0) is 4.74 Å². The lowest BCUT2D eigenvalue weighted by Crippen LogP contribution is -2.60. The van der Waals surface area contributed by atoms with Gasteiger partial charge in [-0.25, -0.2) is 0 Å². The molecule has 1 aliphatic rings. The third-order valence-corrected chi connectivity index (χ3v) is 4.60. The lowest BCUT2D eigenvalue weighted by molar-refractivity contribution is -0.277. The zero-order valence-electron chi connectivity index (χ0n) is 15.8. The zero-order valence-corrected chi connectivity index (χ0v) is 15.8. The van der Waals surface area contributed by atoms with Gasteiger partial charge in [0.05, 0.1) is 13.7 Å². The highest BCUT2D eigenvalue weighted by atomic mass is 16.7. The molecule has 0 spiro atoms. The summed E-state index contributed by atoms with van der Waals surface area (Å²) in [6.45, 7) is -0.519. The van der Waals surface area contributed by atoms with Gasteiger partial charge in [0, 0.05) is 6.07 Å². The van der Waals surface area contributed by atoms with Gasteiger partial charge in [0.15, 0.2) is 0 Å². The molecule has 3 rings (SSSR count). The molecule has 1 aliphatic heterocycles. The van der Waals surface area contributed by atoms with Gasteiger partial charge in [-0.05, 0) is 35.4 Å². The molecule has 1 heterocycles. The summed E-state index contributed by atoms with van der Waals surface area (Å²) in [6.07, 6.45) is -2.99. The van der Waals surface area contributed by atoms with Gasteiger partial charge in [0.25, 0.3) is 0 Å². The lowest BCUT2D eigenvalue weighted by Gasteiger charge is -2.39. The number of benzene rings is 2. The normalized spacial score (nSPS) is 27.1. The molecule has 0 unspecified atom stereocenters. The fourth-order valence-electron chi connectivity index (χ4n) is 2.97. The number of aromatic hydroxyl groups is 1. The third kappa shape index (κ3) is 5.06. The van der Waals surface area contributed by atoms with Gasteiger partial charge in [-0.15, -0.1) is 0 Å². The number of aliphatic hydroxyl groups excluding tert-OH is 4. The van der Waals surface area contributed by atoms with E-state index in [0.29, 0.717) is 11.5 Å². The average molecular weight is 404 g/mol. The average Bonchev–Trinajstić information content (AvgIpc) is 2.73. The van der Waals surface area contributed by atoms with Crippen molar-refractivity contribution in [1.29, 1.82) is 0 Å². The number of hydrogen-bond donors (Lipinski definition) is 5. The van der Waals surface area contributed by atoms with E-state index in [1.807, 2.05) is 12.2 Å². The highest BCUT2D eigenvalue weighted by Gasteiger charge is 2.44. The first kappa shape index (κ1) is 21.1. The van der Waals surface area contributed by atoms with Crippen LogP contribution in [0.5, 0.6) is 17.2 Å². The Hall–Kier alpha value is -2.62. The number of phenolic OH excluding ortho intramolecular Hbond substituents is 1. The number of ether oxygens (including phenoxy) is 3. The number of phenols is 1. The van der Waals surface area contributed by atoms with Crippen molar-refractivity contribution in [2.45, 2.75) is 30.7 Å². The van der Waals surface area contributed by atoms with E-state index >= 15 is 0 Å². The molecule has 0 aromatic heterocycles. The second kappa shape index (κ2) is 9.25. The molecular formula is C21H24O8. The predicted octanol–water partition coefficient (Wildman–Crippen LogP) is 0.750. The lowest BCUT2D eigenvalue weighted by atomic mass is 9.99. The fourth-order valence-corrected chi connectivity index (χ4v) is 2.97. The molecule has 0 saturated carbocycles. The summed E-state index contributed by atoms with van der Waals surface area (Å²) in [6, 6.07) is 11.8. The maximum Gasteiger partial charge on any atom is 0.229 e. The van der Waals surface area contributed by atoms with Crippen molar-refractivity contribution < 1.29 is 39.7 Å². The van der Waals surface area contributed by atoms with E-state index in [4.69, 9.17) is 14.2 Å². The van der Waals surface area contributed by atoms with Crippen molar-refractivity contribution in [2.75, 3.05) is 13.7 Å². The topological polar surface area (TPSA) is 129 Å². The molecule has 156 valence electrons. The van der Waals surface area contributed by atoms with Gasteiger partial charge in [0.2, 0.25) is 6.29 Å². The Morgan fingerprint density at radius 1 is 0.897 bits per heavy atom. The van der Waals surface area contributed by atoms with Gasteiger partial charge in [-0.1, -0.05) is 24.3 Å². The van der Waals surface area contributed by atoms with E-state index in [9.17, 15) is 25.5 Å². The van der Waals surface area contributed by atoms with E-state index in [2.05, 4.69) is 0 Å². The first-order valence-corrected chi connectivity index (χ1v) is 9.04. The Labute approximate surface area is 167 Å². The van der Waals surface area contributed by atoms with Crippen molar-refractivity contribution in [3.63, 3.8) is 0 Å². The fraction of sp³-hybridized carbons (Fsp3) is 0.333. The second-order valence-electron chi connectivity index (χ2n) is 6.68. The minimum Gasteiger partial charge on any atom is -0.508 e. The predicted molar refractivity (Wildman–Crippen MR) is 104 cm³/mol. The van der Waals surface area contributed by atoms with Crippen molar-refractivity contribution in [1.82, 2.24) is 0 Å². The molecule has 0 bridgehead atoms. The molecule has 0 aliphatic carbocycles. The molecule has 8 heteroatoms. The maximum absolute atomic E-state index is 10.0. The van der Waals surface area contributed by atoms with Crippen molar-refractivity contribution in [3.8, 4) is 17.2 Å². The largest absolute Gasteiger partial charge is 0.508 e. The molecule has 0 radical (unpaired) electrons. The Morgan fingerprint density at radius 2 is 1.59 bits per heavy atom. The molecule has 0 amide bonds. The Kier molecular flexibility index (Phi) is 6.73. The summed E-state index contributed by atoms with van der Waals surface area (Å²) in [5, 5.41) is 48.6. The van der Waals surface area contributed by atoms with Crippen LogP contribution in [0.2, 0.25) is 0 Å². The van der Waals surface area contributed by atoms with Crippen LogP contribution < -0.4 is 9.47 Å². The van der Waals surface area contributed by atoms with Gasteiger partial charge in [-0.2, -0.15) is 0 Å². The third-order valence-electron chi connectivity index (χ3n) is 4.60. The molecule has 29 heavy (non-hydrogen) atoms. The summed E-state index contributed by atoms with van der Waals surface area (Å²) in [4.78, 5) is 0. The van der Waals surface area contributed by atoms with Crippen molar-refractivity contribution >= 4 is 12.2 Å². The van der Waals surface area contributed by atoms with Crippen LogP contribution in [-0.4, -0.2) is 70.0 Å². The van der Waals surface area contributed by atoms with Crippen LogP contribution >= 0.6 is 0 Å². The molecule has 1 fully saturated rings. The summed E-state index contributed by atoms with van der Waals surface area (Å²) >= 11 is 0. The summed E-state index contributed by atoms with van der Waals surface area (Å²) < 4.78 is 16.0. The summed E-state index contributed by atoms with van der Waals surface area (Å²) in [7, 11) is 1.52. The Morgan fingerprint density at radius 3 is 2.24 bits per heavy atom. The molecule has 5 N–H and O–H groups in total. The first-order chi connectivity index (χ1) is 13.9. The SMILES string of the molecule is COc1cc(O)cc(C=Cc2ccc(O[C@@H]3O[C@H](CO)[C@@H](O)[C@H](O)[C@H]3O)cc2)c1. The molecule has 1 saturated heterocycles. The number of rotatable bonds is 6. The van der Waals surface area contributed by atoms with Crippen molar-refractivity contribution in [3.05, 3.63) is 53.6 Å². The summed E-state index contributed by atoms with van der Waals surface area (Å²) in [5.41, 5.74) is 1.62. The second-order valence-corrected chi connectivity index (χ2v) is 6.68. The van der Waals surface area contributed by atoms with Gasteiger partial charge in [0.1, 0.15) is 41.7 Å². The number of methoxy groups -OCH3 is 1. The first-order valence-electron chi connectivity index (χ1n) is 9.04. The van der Waals surface area contributed by atoms with E-state index in [1.54, 1.807) is 36.4 Å². The van der Waals surface area contributed by atoms with Gasteiger partial charge < -0.3 is 39.7 Å². The molecule has 8 nitrogen and oxygen atoms in total. The molecular weight excluding hydrogens is 380 g/mol. The van der Waals surface area contributed by atoms with Gasteiger partial charge in [-0.3, -0.25) is 0 Å². The quantitative estimate of drug-likeness (QED) is 0.446. The molecule has 5 atom stereocenters. The highest BCUT2D eigenvalue weighted by Crippen LogP contribution is 2.26. The van der Waals surface area contributed by atoms with Crippen LogP contribution in [0, 0.1) is 0 Å².